The molecule has 5 nitrogen and oxygen atoms in total. The molecule has 0 aliphatic carbocycles. The zero-order valence-electron chi connectivity index (χ0n) is 15.3. The van der Waals surface area contributed by atoms with Gasteiger partial charge >= 0.3 is 0 Å². The van der Waals surface area contributed by atoms with Crippen molar-refractivity contribution in [2.75, 3.05) is 12.0 Å². The van der Waals surface area contributed by atoms with Gasteiger partial charge in [0.1, 0.15) is 22.9 Å². The highest BCUT2D eigenvalue weighted by Crippen LogP contribution is 2.35. The third-order valence-electron chi connectivity index (χ3n) is 4.45. The monoisotopic (exact) mass is 426 g/mol. The number of ether oxygens (including phenoxy) is 1. The van der Waals surface area contributed by atoms with Gasteiger partial charge in [0.15, 0.2) is 6.73 Å². The van der Waals surface area contributed by atoms with Crippen LogP contribution in [0.15, 0.2) is 36.1 Å². The first-order valence-electron chi connectivity index (χ1n) is 8.29. The maximum absolute atomic E-state index is 13.9. The number of nitrogens with zero attached hydrogens (tertiary/aromatic N) is 1. The minimum Gasteiger partial charge on any atom is -0.477 e. The molecule has 2 heterocycles. The quantitative estimate of drug-likeness (QED) is 0.774. The van der Waals surface area contributed by atoms with Crippen molar-refractivity contribution in [1.82, 2.24) is 4.90 Å². The summed E-state index contributed by atoms with van der Waals surface area (Å²) in [6.07, 6.45) is 0. The van der Waals surface area contributed by atoms with Crippen LogP contribution in [0.5, 0.6) is 0 Å². The van der Waals surface area contributed by atoms with Gasteiger partial charge in [-0.25, -0.2) is 8.78 Å². The molecule has 0 unspecified atom stereocenters. The highest BCUT2D eigenvalue weighted by molar-refractivity contribution is 7.17. The average Bonchev–Trinajstić information content (AvgIpc) is 3.03. The van der Waals surface area contributed by atoms with E-state index in [-0.39, 0.29) is 12.4 Å². The van der Waals surface area contributed by atoms with Crippen molar-refractivity contribution in [3.63, 3.8) is 0 Å². The molecule has 0 bridgehead atoms. The normalized spacial score (nSPS) is 14.9. The minimum atomic E-state index is -1.40. The smallest absolute Gasteiger partial charge is 0.262 e. The van der Waals surface area contributed by atoms with E-state index >= 15 is 0 Å². The van der Waals surface area contributed by atoms with Gasteiger partial charge in [-0.1, -0.05) is 11.6 Å². The fourth-order valence-electron chi connectivity index (χ4n) is 2.71. The van der Waals surface area contributed by atoms with Crippen molar-refractivity contribution in [1.29, 1.82) is 0 Å². The molecule has 1 N–H and O–H groups in total. The molecule has 2 aromatic rings. The number of hydrogen-bond donors (Lipinski definition) is 1. The summed E-state index contributed by atoms with van der Waals surface area (Å²) in [7, 11) is 0. The number of carbonyl (C=O) groups excluding carboxylic acids is 2. The SMILES string of the molecule is CC1=C(c2ccc(Cl)s2)C(=O)N(C(C)(C)C(=O)Nc2cc(F)ccc2F)CO1. The predicted molar refractivity (Wildman–Crippen MR) is 104 cm³/mol. The zero-order chi connectivity index (χ0) is 20.6. The first-order valence-corrected chi connectivity index (χ1v) is 9.48. The standard InChI is InChI=1S/C19H17ClF2N2O3S/c1-10-16(14-6-7-15(20)28-14)17(25)24(9-27-10)19(2,3)18(26)23-13-8-11(21)4-5-12(13)22/h4-8H,9H2,1-3H3,(H,23,26). The second-order valence-corrected chi connectivity index (χ2v) is 8.39. The molecule has 0 atom stereocenters. The van der Waals surface area contributed by atoms with Crippen LogP contribution < -0.4 is 5.32 Å². The van der Waals surface area contributed by atoms with Crippen LogP contribution >= 0.6 is 22.9 Å². The number of hydrogen-bond acceptors (Lipinski definition) is 4. The van der Waals surface area contributed by atoms with Crippen molar-refractivity contribution in [3.05, 3.63) is 56.9 Å². The molecule has 3 rings (SSSR count). The third-order valence-corrected chi connectivity index (χ3v) is 5.70. The summed E-state index contributed by atoms with van der Waals surface area (Å²) in [5.74, 6) is -2.15. The van der Waals surface area contributed by atoms with E-state index in [1.165, 1.54) is 30.1 Å². The Balaban J connectivity index is 1.88. The predicted octanol–water partition coefficient (Wildman–Crippen LogP) is 4.64. The zero-order valence-corrected chi connectivity index (χ0v) is 16.9. The summed E-state index contributed by atoms with van der Waals surface area (Å²) in [5.41, 5.74) is -1.40. The van der Waals surface area contributed by atoms with Crippen LogP contribution in [0.1, 0.15) is 25.6 Å². The van der Waals surface area contributed by atoms with E-state index in [0.29, 0.717) is 20.5 Å². The number of carbonyl (C=O) groups is 2. The van der Waals surface area contributed by atoms with Crippen LogP contribution in [0.2, 0.25) is 4.34 Å². The summed E-state index contributed by atoms with van der Waals surface area (Å²) < 4.78 is 33.4. The van der Waals surface area contributed by atoms with Crippen LogP contribution in [0.25, 0.3) is 5.57 Å². The number of allylic oxidation sites excluding steroid dienone is 1. The summed E-state index contributed by atoms with van der Waals surface area (Å²) in [6.45, 7) is 4.51. The number of halogens is 3. The van der Waals surface area contributed by atoms with Gasteiger partial charge in [-0.3, -0.25) is 14.5 Å². The lowest BCUT2D eigenvalue weighted by atomic mass is 9.99. The van der Waals surface area contributed by atoms with Gasteiger partial charge in [-0.2, -0.15) is 0 Å². The molecule has 1 aliphatic heterocycles. The Kier molecular flexibility index (Phi) is 5.45. The molecule has 1 aliphatic rings. The Bertz CT molecular complexity index is 987. The second kappa shape index (κ2) is 7.52. The Morgan fingerprint density at radius 2 is 2.00 bits per heavy atom. The van der Waals surface area contributed by atoms with E-state index in [9.17, 15) is 18.4 Å². The Morgan fingerprint density at radius 1 is 1.29 bits per heavy atom. The molecule has 0 saturated carbocycles. The molecule has 2 amide bonds. The maximum Gasteiger partial charge on any atom is 0.262 e. The van der Waals surface area contributed by atoms with Gasteiger partial charge < -0.3 is 10.1 Å². The van der Waals surface area contributed by atoms with Crippen molar-refractivity contribution >= 4 is 46.0 Å². The summed E-state index contributed by atoms with van der Waals surface area (Å²) >= 11 is 7.19. The molecular formula is C19H17ClF2N2O3S. The molecule has 28 heavy (non-hydrogen) atoms. The van der Waals surface area contributed by atoms with Crippen LogP contribution in [-0.2, 0) is 14.3 Å². The lowest BCUT2D eigenvalue weighted by molar-refractivity contribution is -0.147. The minimum absolute atomic E-state index is 0.153. The molecular weight excluding hydrogens is 410 g/mol. The molecule has 0 spiro atoms. The van der Waals surface area contributed by atoms with E-state index in [1.807, 2.05) is 0 Å². The Morgan fingerprint density at radius 3 is 2.64 bits per heavy atom. The Hall–Kier alpha value is -2.45. The van der Waals surface area contributed by atoms with Gasteiger partial charge in [0.2, 0.25) is 5.91 Å². The molecule has 0 saturated heterocycles. The first kappa shape index (κ1) is 20.3. The summed E-state index contributed by atoms with van der Waals surface area (Å²) in [5, 5.41) is 2.34. The van der Waals surface area contributed by atoms with Gasteiger partial charge in [0.25, 0.3) is 5.91 Å². The topological polar surface area (TPSA) is 58.6 Å². The number of rotatable bonds is 4. The van der Waals surface area contributed by atoms with Crippen molar-refractivity contribution in [2.45, 2.75) is 26.3 Å². The molecule has 148 valence electrons. The van der Waals surface area contributed by atoms with E-state index in [0.717, 1.165) is 18.2 Å². The summed E-state index contributed by atoms with van der Waals surface area (Å²) in [6, 6.07) is 6.10. The average molecular weight is 427 g/mol. The Labute approximate surface area is 169 Å². The van der Waals surface area contributed by atoms with Crippen molar-refractivity contribution in [3.8, 4) is 0 Å². The molecule has 9 heteroatoms. The van der Waals surface area contributed by atoms with Crippen LogP contribution in [0.4, 0.5) is 14.5 Å². The number of benzene rings is 1. The number of nitrogens with one attached hydrogen (secondary N) is 1. The van der Waals surface area contributed by atoms with Crippen LogP contribution in [0.3, 0.4) is 0 Å². The van der Waals surface area contributed by atoms with Crippen LogP contribution in [-0.4, -0.2) is 29.0 Å². The van der Waals surface area contributed by atoms with Gasteiger partial charge in [-0.05, 0) is 45.0 Å². The van der Waals surface area contributed by atoms with E-state index in [1.54, 1.807) is 19.1 Å². The lowest BCUT2D eigenvalue weighted by Crippen LogP contribution is -2.57. The second-order valence-electron chi connectivity index (χ2n) is 6.68. The van der Waals surface area contributed by atoms with Gasteiger partial charge in [0.05, 0.1) is 15.6 Å². The first-order chi connectivity index (χ1) is 13.1. The number of thiophene rings is 1. The lowest BCUT2D eigenvalue weighted by Gasteiger charge is -2.40. The molecule has 1 aromatic carbocycles. The molecule has 1 aromatic heterocycles. The fourth-order valence-corrected chi connectivity index (χ4v) is 3.84. The van der Waals surface area contributed by atoms with E-state index in [2.05, 4.69) is 5.32 Å². The molecule has 0 fully saturated rings. The maximum atomic E-state index is 13.9. The molecule has 0 radical (unpaired) electrons. The highest BCUT2D eigenvalue weighted by atomic mass is 35.5. The number of amides is 2. The van der Waals surface area contributed by atoms with Gasteiger partial charge in [-0.15, -0.1) is 11.3 Å². The van der Waals surface area contributed by atoms with Gasteiger partial charge in [0, 0.05) is 10.9 Å². The summed E-state index contributed by atoms with van der Waals surface area (Å²) in [4.78, 5) is 27.7. The largest absolute Gasteiger partial charge is 0.477 e. The highest BCUT2D eigenvalue weighted by Gasteiger charge is 2.42. The van der Waals surface area contributed by atoms with Crippen molar-refractivity contribution in [2.24, 2.45) is 0 Å². The fraction of sp³-hybridized carbons (Fsp3) is 0.263. The van der Waals surface area contributed by atoms with E-state index < -0.39 is 29.0 Å². The van der Waals surface area contributed by atoms with E-state index in [4.69, 9.17) is 16.3 Å². The van der Waals surface area contributed by atoms with Crippen molar-refractivity contribution < 1.29 is 23.1 Å². The number of anilines is 1. The van der Waals surface area contributed by atoms with Crippen LogP contribution in [0, 0.1) is 11.6 Å². The third kappa shape index (κ3) is 3.74.